The predicted octanol–water partition coefficient (Wildman–Crippen LogP) is 3.20. The zero-order chi connectivity index (χ0) is 13.9. The van der Waals surface area contributed by atoms with Gasteiger partial charge in [0.1, 0.15) is 0 Å². The van der Waals surface area contributed by atoms with E-state index in [1.807, 2.05) is 29.3 Å². The van der Waals surface area contributed by atoms with Crippen LogP contribution in [0.25, 0.3) is 6.08 Å². The minimum absolute atomic E-state index is 0.163. The molecule has 1 fully saturated rings. The predicted molar refractivity (Wildman–Crippen MR) is 78.8 cm³/mol. The zero-order valence-electron chi connectivity index (χ0n) is 11.9. The number of hydrogen-bond donors (Lipinski definition) is 0. The zero-order valence-corrected chi connectivity index (χ0v) is 11.9. The Morgan fingerprint density at radius 3 is 2.70 bits per heavy atom. The maximum absolute atomic E-state index is 12.6. The average Bonchev–Trinajstić information content (AvgIpc) is 2.54. The van der Waals surface area contributed by atoms with Crippen LogP contribution in [0.5, 0.6) is 0 Å². The van der Waals surface area contributed by atoms with E-state index in [1.165, 1.54) is 11.1 Å². The van der Waals surface area contributed by atoms with Crippen molar-refractivity contribution in [2.45, 2.75) is 38.3 Å². The van der Waals surface area contributed by atoms with Crippen molar-refractivity contribution in [3.8, 4) is 0 Å². The van der Waals surface area contributed by atoms with E-state index in [-0.39, 0.29) is 11.8 Å². The Morgan fingerprint density at radius 2 is 1.95 bits per heavy atom. The van der Waals surface area contributed by atoms with Crippen LogP contribution in [0, 0.1) is 5.92 Å². The molecule has 0 radical (unpaired) electrons. The normalized spacial score (nSPS) is 25.4. The molecule has 0 bridgehead atoms. The Morgan fingerprint density at radius 1 is 1.20 bits per heavy atom. The van der Waals surface area contributed by atoms with Gasteiger partial charge in [-0.3, -0.25) is 4.79 Å². The highest BCUT2D eigenvalue weighted by Crippen LogP contribution is 2.29. The van der Waals surface area contributed by atoms with E-state index in [4.69, 9.17) is 4.74 Å². The lowest BCUT2D eigenvalue weighted by Crippen LogP contribution is -2.36. The number of hydrogen-bond acceptors (Lipinski definition) is 2. The molecular formula is C17H21NO2. The van der Waals surface area contributed by atoms with E-state index in [2.05, 4.69) is 12.1 Å². The number of methoxy groups -OCH3 is 1. The number of amides is 1. The summed E-state index contributed by atoms with van der Waals surface area (Å²) >= 11 is 0. The van der Waals surface area contributed by atoms with E-state index < -0.39 is 0 Å². The first-order chi connectivity index (χ1) is 9.78. The second-order valence-corrected chi connectivity index (χ2v) is 5.69. The van der Waals surface area contributed by atoms with Crippen LogP contribution in [0.3, 0.4) is 0 Å². The van der Waals surface area contributed by atoms with Crippen molar-refractivity contribution in [1.82, 2.24) is 4.90 Å². The van der Waals surface area contributed by atoms with Crippen LogP contribution in [0.4, 0.5) is 0 Å². The summed E-state index contributed by atoms with van der Waals surface area (Å²) in [6, 6.07) is 8.26. The number of carbonyl (C=O) groups is 1. The Bertz CT molecular complexity index is 515. The van der Waals surface area contributed by atoms with Gasteiger partial charge in [-0.15, -0.1) is 0 Å². The molecule has 0 aromatic heterocycles. The fraction of sp³-hybridized carbons (Fsp3) is 0.471. The largest absolute Gasteiger partial charge is 0.381 e. The summed E-state index contributed by atoms with van der Waals surface area (Å²) in [7, 11) is 1.76. The first-order valence-electron chi connectivity index (χ1n) is 7.37. The van der Waals surface area contributed by atoms with Crippen LogP contribution < -0.4 is 0 Å². The van der Waals surface area contributed by atoms with Gasteiger partial charge in [0.05, 0.1) is 12.6 Å². The summed E-state index contributed by atoms with van der Waals surface area (Å²) in [6.45, 7) is 0.704. The summed E-state index contributed by atoms with van der Waals surface area (Å²) in [5, 5.41) is 0. The van der Waals surface area contributed by atoms with Crippen molar-refractivity contribution in [1.29, 1.82) is 0 Å². The third-order valence-corrected chi connectivity index (χ3v) is 4.47. The Kier molecular flexibility index (Phi) is 3.88. The molecule has 0 unspecified atom stereocenters. The molecule has 106 valence electrons. The first kappa shape index (κ1) is 13.4. The maximum Gasteiger partial charge on any atom is 0.229 e. The lowest BCUT2D eigenvalue weighted by atomic mass is 9.86. The van der Waals surface area contributed by atoms with Gasteiger partial charge in [-0.05, 0) is 42.9 Å². The topological polar surface area (TPSA) is 29.5 Å². The monoisotopic (exact) mass is 271 g/mol. The van der Waals surface area contributed by atoms with Crippen LogP contribution in [0.2, 0.25) is 0 Å². The van der Waals surface area contributed by atoms with Gasteiger partial charge in [0.2, 0.25) is 5.91 Å². The van der Waals surface area contributed by atoms with Crippen molar-refractivity contribution >= 4 is 12.0 Å². The number of nitrogens with zero attached hydrogens (tertiary/aromatic N) is 1. The highest BCUT2D eigenvalue weighted by Gasteiger charge is 2.29. The van der Waals surface area contributed by atoms with Gasteiger partial charge in [-0.1, -0.05) is 24.3 Å². The van der Waals surface area contributed by atoms with E-state index in [0.29, 0.717) is 12.6 Å². The van der Waals surface area contributed by atoms with Crippen molar-refractivity contribution in [3.05, 3.63) is 41.6 Å². The maximum atomic E-state index is 12.6. The van der Waals surface area contributed by atoms with Gasteiger partial charge in [0.25, 0.3) is 0 Å². The summed E-state index contributed by atoms with van der Waals surface area (Å²) in [6.07, 6.45) is 8.22. The van der Waals surface area contributed by atoms with E-state index in [0.717, 1.165) is 25.7 Å². The molecule has 2 aliphatic rings. The SMILES string of the molecule is COC1CCC(C(=O)N2C=Cc3ccccc3C2)CC1. The standard InChI is InChI=1S/C17H21NO2/c1-20-16-8-6-14(7-9-16)17(19)18-11-10-13-4-2-3-5-15(13)12-18/h2-5,10-11,14,16H,6-9,12H2,1H3. The Hall–Kier alpha value is -1.61. The quantitative estimate of drug-likeness (QED) is 0.826. The molecule has 0 spiro atoms. The summed E-state index contributed by atoms with van der Waals surface area (Å²) in [4.78, 5) is 14.5. The fourth-order valence-electron chi connectivity index (χ4n) is 3.18. The molecule has 1 amide bonds. The molecule has 1 aliphatic carbocycles. The lowest BCUT2D eigenvalue weighted by Gasteiger charge is -2.31. The highest BCUT2D eigenvalue weighted by molar-refractivity contribution is 5.81. The first-order valence-corrected chi connectivity index (χ1v) is 7.37. The molecule has 1 aromatic carbocycles. The van der Waals surface area contributed by atoms with Gasteiger partial charge < -0.3 is 9.64 Å². The molecule has 1 heterocycles. The van der Waals surface area contributed by atoms with Crippen LogP contribution >= 0.6 is 0 Å². The molecule has 3 rings (SSSR count). The van der Waals surface area contributed by atoms with Gasteiger partial charge in [-0.25, -0.2) is 0 Å². The molecule has 3 nitrogen and oxygen atoms in total. The summed E-state index contributed by atoms with van der Waals surface area (Å²) in [5.74, 6) is 0.432. The molecule has 20 heavy (non-hydrogen) atoms. The number of ether oxygens (including phenoxy) is 1. The van der Waals surface area contributed by atoms with Gasteiger partial charge >= 0.3 is 0 Å². The molecular weight excluding hydrogens is 250 g/mol. The number of carbonyl (C=O) groups excluding carboxylic acids is 1. The van der Waals surface area contributed by atoms with Gasteiger partial charge in [0, 0.05) is 19.2 Å². The van der Waals surface area contributed by atoms with Crippen LogP contribution in [0.1, 0.15) is 36.8 Å². The van der Waals surface area contributed by atoms with Crippen molar-refractivity contribution < 1.29 is 9.53 Å². The summed E-state index contributed by atoms with van der Waals surface area (Å²) in [5.41, 5.74) is 2.45. The molecule has 3 heteroatoms. The Balaban J connectivity index is 1.65. The minimum atomic E-state index is 0.163. The average molecular weight is 271 g/mol. The fourth-order valence-corrected chi connectivity index (χ4v) is 3.18. The molecule has 0 saturated heterocycles. The number of rotatable bonds is 2. The van der Waals surface area contributed by atoms with E-state index >= 15 is 0 Å². The van der Waals surface area contributed by atoms with E-state index in [1.54, 1.807) is 7.11 Å². The van der Waals surface area contributed by atoms with Crippen LogP contribution in [-0.4, -0.2) is 24.0 Å². The molecule has 1 aromatic rings. The summed E-state index contributed by atoms with van der Waals surface area (Å²) < 4.78 is 5.37. The third-order valence-electron chi connectivity index (χ3n) is 4.47. The number of fused-ring (bicyclic) bond motifs is 1. The molecule has 0 N–H and O–H groups in total. The smallest absolute Gasteiger partial charge is 0.229 e. The second-order valence-electron chi connectivity index (χ2n) is 5.69. The molecule has 1 aliphatic heterocycles. The van der Waals surface area contributed by atoms with Crippen molar-refractivity contribution in [2.24, 2.45) is 5.92 Å². The lowest BCUT2D eigenvalue weighted by molar-refractivity contribution is -0.135. The van der Waals surface area contributed by atoms with E-state index in [9.17, 15) is 4.79 Å². The Labute approximate surface area is 120 Å². The second kappa shape index (κ2) is 5.80. The van der Waals surface area contributed by atoms with Gasteiger partial charge in [-0.2, -0.15) is 0 Å². The molecule has 0 atom stereocenters. The van der Waals surface area contributed by atoms with Crippen LogP contribution in [-0.2, 0) is 16.1 Å². The minimum Gasteiger partial charge on any atom is -0.381 e. The third kappa shape index (κ3) is 2.63. The van der Waals surface area contributed by atoms with Gasteiger partial charge in [0.15, 0.2) is 0 Å². The van der Waals surface area contributed by atoms with Crippen LogP contribution in [0.15, 0.2) is 30.5 Å². The highest BCUT2D eigenvalue weighted by atomic mass is 16.5. The number of benzene rings is 1. The van der Waals surface area contributed by atoms with Crippen molar-refractivity contribution in [2.75, 3.05) is 7.11 Å². The van der Waals surface area contributed by atoms with Crippen molar-refractivity contribution in [3.63, 3.8) is 0 Å². The molecule has 1 saturated carbocycles.